The molecule has 1 aliphatic rings. The molecule has 1 saturated carbocycles. The Labute approximate surface area is 136 Å². The summed E-state index contributed by atoms with van der Waals surface area (Å²) < 4.78 is 12.9. The molecule has 4 nitrogen and oxygen atoms in total. The average Bonchev–Trinajstić information content (AvgIpc) is 2.55. The van der Waals surface area contributed by atoms with E-state index in [2.05, 4.69) is 11.4 Å². The predicted molar refractivity (Wildman–Crippen MR) is 84.7 cm³/mol. The van der Waals surface area contributed by atoms with Crippen molar-refractivity contribution in [2.45, 2.75) is 57.6 Å². The third kappa shape index (κ3) is 4.29. The summed E-state index contributed by atoms with van der Waals surface area (Å²) in [6.45, 7) is 1.80. The van der Waals surface area contributed by atoms with Crippen LogP contribution in [-0.2, 0) is 4.79 Å². The van der Waals surface area contributed by atoms with Crippen molar-refractivity contribution in [1.29, 1.82) is 5.26 Å². The van der Waals surface area contributed by atoms with E-state index in [1.54, 1.807) is 6.92 Å². The van der Waals surface area contributed by atoms with Gasteiger partial charge in [0.05, 0.1) is 12.2 Å². The Hall–Kier alpha value is -1.93. The van der Waals surface area contributed by atoms with Gasteiger partial charge < -0.3 is 10.4 Å². The molecule has 0 aliphatic heterocycles. The lowest BCUT2D eigenvalue weighted by Gasteiger charge is -2.31. The van der Waals surface area contributed by atoms with Gasteiger partial charge in [-0.05, 0) is 43.9 Å². The van der Waals surface area contributed by atoms with Gasteiger partial charge in [-0.25, -0.2) is 4.39 Å². The minimum atomic E-state index is -0.923. The summed E-state index contributed by atoms with van der Waals surface area (Å²) in [5.74, 6) is -0.589. The van der Waals surface area contributed by atoms with Crippen LogP contribution in [0.1, 0.15) is 57.1 Å². The molecular formula is C18H23FN2O2. The Morgan fingerprint density at radius 1 is 1.35 bits per heavy atom. The second kappa shape index (κ2) is 7.56. The SMILES string of the molecule is CC(CC(O)c1ccc(F)cc1)NC(=O)C1(C#N)CCCCC1. The van der Waals surface area contributed by atoms with Crippen molar-refractivity contribution in [3.05, 3.63) is 35.6 Å². The van der Waals surface area contributed by atoms with Gasteiger partial charge in [0.25, 0.3) is 0 Å². The summed E-state index contributed by atoms with van der Waals surface area (Å²) in [7, 11) is 0. The molecule has 23 heavy (non-hydrogen) atoms. The summed E-state index contributed by atoms with van der Waals surface area (Å²) in [6, 6.07) is 7.60. The number of aliphatic hydroxyl groups is 1. The minimum absolute atomic E-state index is 0.237. The van der Waals surface area contributed by atoms with Crippen molar-refractivity contribution in [2.75, 3.05) is 0 Å². The molecule has 1 fully saturated rings. The number of hydrogen-bond acceptors (Lipinski definition) is 3. The van der Waals surface area contributed by atoms with Crippen LogP contribution in [0.4, 0.5) is 4.39 Å². The molecule has 0 spiro atoms. The molecule has 5 heteroatoms. The number of rotatable bonds is 5. The Kier molecular flexibility index (Phi) is 5.73. The Balaban J connectivity index is 1.93. The number of amides is 1. The fourth-order valence-electron chi connectivity index (χ4n) is 3.12. The third-order valence-corrected chi connectivity index (χ3v) is 4.56. The smallest absolute Gasteiger partial charge is 0.240 e. The van der Waals surface area contributed by atoms with Crippen molar-refractivity contribution in [1.82, 2.24) is 5.32 Å². The largest absolute Gasteiger partial charge is 0.388 e. The first-order valence-electron chi connectivity index (χ1n) is 8.12. The van der Waals surface area contributed by atoms with Gasteiger partial charge in [-0.2, -0.15) is 5.26 Å². The summed E-state index contributed by atoms with van der Waals surface area (Å²) >= 11 is 0. The fraction of sp³-hybridized carbons (Fsp3) is 0.556. The maximum absolute atomic E-state index is 12.9. The lowest BCUT2D eigenvalue weighted by Crippen LogP contribution is -2.45. The van der Waals surface area contributed by atoms with Crippen LogP contribution in [0, 0.1) is 22.6 Å². The van der Waals surface area contributed by atoms with Gasteiger partial charge in [0.2, 0.25) is 5.91 Å². The zero-order valence-corrected chi connectivity index (χ0v) is 13.4. The molecule has 0 heterocycles. The second-order valence-electron chi connectivity index (χ2n) is 6.43. The average molecular weight is 318 g/mol. The molecule has 124 valence electrons. The molecule has 2 unspecified atom stereocenters. The summed E-state index contributed by atoms with van der Waals surface area (Å²) in [5.41, 5.74) is -0.312. The number of carbonyl (C=O) groups is 1. The van der Waals surface area contributed by atoms with Crippen LogP contribution in [-0.4, -0.2) is 17.1 Å². The van der Waals surface area contributed by atoms with E-state index in [0.29, 0.717) is 24.8 Å². The summed E-state index contributed by atoms with van der Waals surface area (Å²) in [6.07, 6.45) is 3.59. The normalized spacial score (nSPS) is 19.4. The van der Waals surface area contributed by atoms with Crippen LogP contribution < -0.4 is 5.32 Å². The maximum atomic E-state index is 12.9. The summed E-state index contributed by atoms with van der Waals surface area (Å²) in [4.78, 5) is 12.5. The van der Waals surface area contributed by atoms with Crippen LogP contribution in [0.2, 0.25) is 0 Å². The van der Waals surface area contributed by atoms with E-state index < -0.39 is 11.5 Å². The zero-order chi connectivity index (χ0) is 16.9. The highest BCUT2D eigenvalue weighted by atomic mass is 19.1. The maximum Gasteiger partial charge on any atom is 0.240 e. The number of nitrogens with one attached hydrogen (secondary N) is 1. The van der Waals surface area contributed by atoms with Gasteiger partial charge in [-0.3, -0.25) is 4.79 Å². The molecule has 0 saturated heterocycles. The predicted octanol–water partition coefficient (Wildman–Crippen LogP) is 3.23. The van der Waals surface area contributed by atoms with Crippen LogP contribution >= 0.6 is 0 Å². The van der Waals surface area contributed by atoms with E-state index >= 15 is 0 Å². The van der Waals surface area contributed by atoms with Crippen LogP contribution in [0.5, 0.6) is 0 Å². The number of halogens is 1. The lowest BCUT2D eigenvalue weighted by atomic mass is 9.74. The first kappa shape index (κ1) is 17.4. The van der Waals surface area contributed by atoms with Crippen molar-refractivity contribution >= 4 is 5.91 Å². The van der Waals surface area contributed by atoms with Crippen molar-refractivity contribution in [3.8, 4) is 6.07 Å². The standard InChI is InChI=1S/C18H23FN2O2/c1-13(11-16(22)14-5-7-15(19)8-6-14)21-17(23)18(12-20)9-3-2-4-10-18/h5-8,13,16,22H,2-4,9-11H2,1H3,(H,21,23). The highest BCUT2D eigenvalue weighted by molar-refractivity contribution is 5.85. The molecule has 1 aromatic carbocycles. The van der Waals surface area contributed by atoms with E-state index in [0.717, 1.165) is 19.3 Å². The van der Waals surface area contributed by atoms with Crippen molar-refractivity contribution in [3.63, 3.8) is 0 Å². The molecule has 2 N–H and O–H groups in total. The van der Waals surface area contributed by atoms with Crippen molar-refractivity contribution in [2.24, 2.45) is 5.41 Å². The van der Waals surface area contributed by atoms with Gasteiger partial charge in [0.1, 0.15) is 11.2 Å². The Morgan fingerprint density at radius 3 is 2.52 bits per heavy atom. The Bertz CT molecular complexity index is 574. The van der Waals surface area contributed by atoms with E-state index in [-0.39, 0.29) is 17.8 Å². The molecule has 0 aromatic heterocycles. The number of carbonyl (C=O) groups excluding carboxylic acids is 1. The molecule has 1 aliphatic carbocycles. The topological polar surface area (TPSA) is 73.1 Å². The highest BCUT2D eigenvalue weighted by Crippen LogP contribution is 2.36. The van der Waals surface area contributed by atoms with E-state index in [4.69, 9.17) is 0 Å². The number of nitriles is 1. The summed E-state index contributed by atoms with van der Waals surface area (Å²) in [5, 5.41) is 22.5. The first-order chi connectivity index (χ1) is 11.0. The minimum Gasteiger partial charge on any atom is -0.388 e. The highest BCUT2D eigenvalue weighted by Gasteiger charge is 2.40. The molecule has 2 rings (SSSR count). The second-order valence-corrected chi connectivity index (χ2v) is 6.43. The van der Waals surface area contributed by atoms with Crippen LogP contribution in [0.15, 0.2) is 24.3 Å². The molecule has 0 bridgehead atoms. The lowest BCUT2D eigenvalue weighted by molar-refractivity contribution is -0.130. The van der Waals surface area contributed by atoms with Gasteiger partial charge >= 0.3 is 0 Å². The quantitative estimate of drug-likeness (QED) is 0.875. The Morgan fingerprint density at radius 2 is 1.96 bits per heavy atom. The van der Waals surface area contributed by atoms with Gasteiger partial charge in [0.15, 0.2) is 0 Å². The van der Waals surface area contributed by atoms with Crippen LogP contribution in [0.3, 0.4) is 0 Å². The van der Waals surface area contributed by atoms with E-state index in [9.17, 15) is 19.6 Å². The van der Waals surface area contributed by atoms with E-state index in [1.165, 1.54) is 24.3 Å². The number of aliphatic hydroxyl groups excluding tert-OH is 1. The monoisotopic (exact) mass is 318 g/mol. The molecule has 1 aromatic rings. The number of benzene rings is 1. The number of hydrogen-bond donors (Lipinski definition) is 2. The fourth-order valence-corrected chi connectivity index (χ4v) is 3.12. The molecule has 2 atom stereocenters. The molecular weight excluding hydrogens is 295 g/mol. The van der Waals surface area contributed by atoms with Gasteiger partial charge in [-0.1, -0.05) is 31.4 Å². The van der Waals surface area contributed by atoms with Crippen molar-refractivity contribution < 1.29 is 14.3 Å². The van der Waals surface area contributed by atoms with E-state index in [1.807, 2.05) is 0 Å². The van der Waals surface area contributed by atoms with Gasteiger partial charge in [-0.15, -0.1) is 0 Å². The van der Waals surface area contributed by atoms with Crippen LogP contribution in [0.25, 0.3) is 0 Å². The molecule has 1 amide bonds. The molecule has 0 radical (unpaired) electrons. The van der Waals surface area contributed by atoms with Gasteiger partial charge in [0, 0.05) is 6.04 Å². The first-order valence-corrected chi connectivity index (χ1v) is 8.12. The zero-order valence-electron chi connectivity index (χ0n) is 13.4. The third-order valence-electron chi connectivity index (χ3n) is 4.56. The number of nitrogens with zero attached hydrogens (tertiary/aromatic N) is 1.